The van der Waals surface area contributed by atoms with Gasteiger partial charge in [0.05, 0.1) is 4.21 Å². The Balaban J connectivity index is 2.15. The van der Waals surface area contributed by atoms with Crippen molar-refractivity contribution in [3.8, 4) is 16.9 Å². The first-order valence-electron chi connectivity index (χ1n) is 10.8. The normalized spacial score (nSPS) is 12.3. The minimum absolute atomic E-state index is 0.114. The second-order valence-electron chi connectivity index (χ2n) is 9.29. The van der Waals surface area contributed by atoms with Gasteiger partial charge in [-0.1, -0.05) is 105 Å². The van der Waals surface area contributed by atoms with Crippen LogP contribution < -0.4 is 0 Å². The van der Waals surface area contributed by atoms with E-state index in [2.05, 4.69) is 84.0 Å². The minimum Gasteiger partial charge on any atom is -0.507 e. The van der Waals surface area contributed by atoms with Crippen LogP contribution in [0.3, 0.4) is 0 Å². The van der Waals surface area contributed by atoms with E-state index in [-0.39, 0.29) is 10.8 Å². The minimum atomic E-state index is -0.114. The summed E-state index contributed by atoms with van der Waals surface area (Å²) in [5.74, 6) is 1.37. The molecule has 0 aliphatic carbocycles. The molecule has 0 saturated carbocycles. The van der Waals surface area contributed by atoms with Crippen molar-refractivity contribution < 1.29 is 5.11 Å². The van der Waals surface area contributed by atoms with E-state index >= 15 is 0 Å². The van der Waals surface area contributed by atoms with E-state index in [9.17, 15) is 5.11 Å². The molecule has 0 fully saturated rings. The fourth-order valence-corrected chi connectivity index (χ4v) is 7.95. The maximum Gasteiger partial charge on any atom is 0.123 e. The van der Waals surface area contributed by atoms with Gasteiger partial charge in [-0.2, -0.15) is 0 Å². The summed E-state index contributed by atoms with van der Waals surface area (Å²) in [6.07, 6.45) is 1.91. The summed E-state index contributed by atoms with van der Waals surface area (Å²) < 4.78 is 2.21. The lowest BCUT2D eigenvalue weighted by Crippen LogP contribution is -2.21. The smallest absolute Gasteiger partial charge is 0.123 e. The van der Waals surface area contributed by atoms with Crippen LogP contribution in [0, 0.1) is 3.82 Å². The number of benzene rings is 2. The first kappa shape index (κ1) is 24.5. The van der Waals surface area contributed by atoms with Crippen molar-refractivity contribution in [1.29, 1.82) is 0 Å². The van der Waals surface area contributed by atoms with Gasteiger partial charge in [0, 0.05) is 22.4 Å². The molecule has 0 spiro atoms. The third-order valence-electron chi connectivity index (χ3n) is 6.44. The van der Waals surface area contributed by atoms with E-state index in [1.807, 2.05) is 11.8 Å². The summed E-state index contributed by atoms with van der Waals surface area (Å²) >= 11 is 7.66. The van der Waals surface area contributed by atoms with Gasteiger partial charge in [0.1, 0.15) is 9.57 Å². The molecule has 2 aromatic carbocycles. The van der Waals surface area contributed by atoms with Gasteiger partial charge in [0.2, 0.25) is 0 Å². The number of rotatable bonds is 8. The molecule has 5 heteroatoms. The molecule has 0 aliphatic heterocycles. The van der Waals surface area contributed by atoms with Gasteiger partial charge >= 0.3 is 0 Å². The summed E-state index contributed by atoms with van der Waals surface area (Å²) in [4.78, 5) is 0. The number of thioether (sulfide) groups is 1. The highest BCUT2D eigenvalue weighted by Crippen LogP contribution is 2.48. The molecule has 3 rings (SSSR count). The van der Waals surface area contributed by atoms with Crippen LogP contribution in [-0.4, -0.2) is 5.11 Å². The van der Waals surface area contributed by atoms with Crippen LogP contribution in [0.25, 0.3) is 11.1 Å². The Kier molecular flexibility index (Phi) is 7.73. The second kappa shape index (κ2) is 9.78. The van der Waals surface area contributed by atoms with E-state index in [0.717, 1.165) is 44.7 Å². The Hall–Kier alpha value is -1.14. The number of hydrogen-bond donors (Lipinski definition) is 1. The molecular weight excluding hydrogens is 457 g/mol. The molecule has 3 aromatic rings. The van der Waals surface area contributed by atoms with Crippen LogP contribution in [0.4, 0.5) is 0 Å². The summed E-state index contributed by atoms with van der Waals surface area (Å²) in [6.45, 7) is 13.2. The maximum atomic E-state index is 11.3. The average Bonchev–Trinajstić information content (AvgIpc) is 3.13. The van der Waals surface area contributed by atoms with Crippen LogP contribution in [-0.2, 0) is 16.6 Å². The van der Waals surface area contributed by atoms with Crippen LogP contribution in [0.15, 0.2) is 46.7 Å². The first-order chi connectivity index (χ1) is 14.6. The fraction of sp³-hybridized carbons (Fsp3) is 0.423. The summed E-state index contributed by atoms with van der Waals surface area (Å²) in [6, 6.07) is 14.9. The first-order valence-corrected chi connectivity index (χ1v) is 14.3. The third-order valence-corrected chi connectivity index (χ3v) is 11.1. The van der Waals surface area contributed by atoms with Gasteiger partial charge in [-0.05, 0) is 46.9 Å². The van der Waals surface area contributed by atoms with Gasteiger partial charge in [-0.3, -0.25) is 0 Å². The van der Waals surface area contributed by atoms with Crippen LogP contribution >= 0.6 is 44.7 Å². The lowest BCUT2D eigenvalue weighted by Gasteiger charge is -2.31. The number of hydrogen-bond acceptors (Lipinski definition) is 5. The van der Waals surface area contributed by atoms with Crippen LogP contribution in [0.5, 0.6) is 5.75 Å². The zero-order valence-corrected chi connectivity index (χ0v) is 22.5. The standard InChI is InChI=1S/C26H32OS4/c1-7-25(3,4)19-14-18(15-20(22(19)27)26(5,6)8-2)21-23(28)30-31-24(21)29-16-17-12-10-9-11-13-17/h9-15,27H,7-8,16H2,1-6H3. The van der Waals surface area contributed by atoms with Crippen molar-refractivity contribution in [3.05, 3.63) is 63.0 Å². The number of aromatic hydroxyl groups is 1. The molecule has 0 radical (unpaired) electrons. The van der Waals surface area contributed by atoms with Crippen molar-refractivity contribution in [2.75, 3.05) is 0 Å². The van der Waals surface area contributed by atoms with E-state index in [0.29, 0.717) is 5.75 Å². The summed E-state index contributed by atoms with van der Waals surface area (Å²) in [5, 5.41) is 11.3. The fourth-order valence-electron chi connectivity index (χ4n) is 3.49. The Morgan fingerprint density at radius 1 is 0.903 bits per heavy atom. The molecule has 1 N–H and O–H groups in total. The Morgan fingerprint density at radius 3 is 1.97 bits per heavy atom. The van der Waals surface area contributed by atoms with E-state index in [1.54, 1.807) is 20.7 Å². The second-order valence-corrected chi connectivity index (χ2v) is 13.3. The average molecular weight is 489 g/mol. The number of phenols is 1. The largest absolute Gasteiger partial charge is 0.507 e. The maximum absolute atomic E-state index is 11.3. The van der Waals surface area contributed by atoms with E-state index in [4.69, 9.17) is 12.2 Å². The van der Waals surface area contributed by atoms with Crippen molar-refractivity contribution in [1.82, 2.24) is 0 Å². The number of phenolic OH excluding ortho intramolecular Hbond substituents is 1. The van der Waals surface area contributed by atoms with Crippen molar-refractivity contribution in [2.24, 2.45) is 0 Å². The Bertz CT molecular complexity index is 1050. The molecule has 1 nitrogen and oxygen atoms in total. The topological polar surface area (TPSA) is 20.2 Å². The molecule has 1 heterocycles. The van der Waals surface area contributed by atoms with Crippen LogP contribution in [0.2, 0.25) is 0 Å². The van der Waals surface area contributed by atoms with Gasteiger partial charge in [-0.25, -0.2) is 0 Å². The Morgan fingerprint density at radius 2 is 1.45 bits per heavy atom. The summed E-state index contributed by atoms with van der Waals surface area (Å²) in [5.41, 5.74) is 5.43. The highest BCUT2D eigenvalue weighted by Gasteiger charge is 2.30. The van der Waals surface area contributed by atoms with Gasteiger partial charge in [-0.15, -0.1) is 11.8 Å². The summed E-state index contributed by atoms with van der Waals surface area (Å²) in [7, 11) is 3.45. The Labute approximate surface area is 204 Å². The highest BCUT2D eigenvalue weighted by atomic mass is 32.9. The zero-order valence-electron chi connectivity index (χ0n) is 19.2. The third kappa shape index (κ3) is 5.27. The lowest BCUT2D eigenvalue weighted by molar-refractivity contribution is 0.400. The van der Waals surface area contributed by atoms with E-state index < -0.39 is 0 Å². The SMILES string of the molecule is CCC(C)(C)c1cc(-c2c(SCc3ccccc3)ssc2=S)cc(C(C)(C)CC)c1O. The van der Waals surface area contributed by atoms with Crippen molar-refractivity contribution >= 4 is 44.7 Å². The molecule has 1 aromatic heterocycles. The highest BCUT2D eigenvalue weighted by molar-refractivity contribution is 8.02. The zero-order chi connectivity index (χ0) is 22.8. The molecule has 0 amide bonds. The molecule has 0 unspecified atom stereocenters. The molecular formula is C26H32OS4. The quantitative estimate of drug-likeness (QED) is 0.194. The van der Waals surface area contributed by atoms with E-state index in [1.165, 1.54) is 9.77 Å². The van der Waals surface area contributed by atoms with Crippen molar-refractivity contribution in [2.45, 2.75) is 75.2 Å². The molecule has 0 atom stereocenters. The molecule has 0 saturated heterocycles. The molecule has 0 bridgehead atoms. The molecule has 31 heavy (non-hydrogen) atoms. The van der Waals surface area contributed by atoms with Crippen LogP contribution in [0.1, 0.15) is 71.1 Å². The monoisotopic (exact) mass is 488 g/mol. The predicted molar refractivity (Wildman–Crippen MR) is 143 cm³/mol. The predicted octanol–water partition coefficient (Wildman–Crippen LogP) is 9.58. The van der Waals surface area contributed by atoms with Crippen molar-refractivity contribution in [3.63, 3.8) is 0 Å². The van der Waals surface area contributed by atoms with Gasteiger partial charge in [0.25, 0.3) is 0 Å². The lowest BCUT2D eigenvalue weighted by atomic mass is 9.74. The molecule has 0 aliphatic rings. The van der Waals surface area contributed by atoms with Gasteiger partial charge in [0.15, 0.2) is 0 Å². The van der Waals surface area contributed by atoms with Gasteiger partial charge < -0.3 is 5.11 Å². The molecule has 166 valence electrons.